The third kappa shape index (κ3) is 3.26. The Morgan fingerprint density at radius 2 is 1.90 bits per heavy atom. The predicted octanol–water partition coefficient (Wildman–Crippen LogP) is 4.29. The highest BCUT2D eigenvalue weighted by atomic mass is 127. The molecule has 0 aliphatic rings. The lowest BCUT2D eigenvalue weighted by Crippen LogP contribution is -2.13. The van der Waals surface area contributed by atoms with E-state index in [1.54, 1.807) is 6.07 Å². The van der Waals surface area contributed by atoms with E-state index in [-0.39, 0.29) is 21.5 Å². The van der Waals surface area contributed by atoms with Gasteiger partial charge in [0.25, 0.3) is 5.91 Å². The zero-order chi connectivity index (χ0) is 14.9. The van der Waals surface area contributed by atoms with Gasteiger partial charge >= 0.3 is 0 Å². The van der Waals surface area contributed by atoms with Gasteiger partial charge in [0.05, 0.1) is 15.7 Å². The van der Waals surface area contributed by atoms with Gasteiger partial charge in [0.2, 0.25) is 0 Å². The zero-order valence-electron chi connectivity index (χ0n) is 9.75. The number of rotatable bonds is 2. The fourth-order valence-electron chi connectivity index (χ4n) is 1.50. The van der Waals surface area contributed by atoms with Gasteiger partial charge in [-0.2, -0.15) is 0 Å². The van der Waals surface area contributed by atoms with Crippen LogP contribution in [-0.2, 0) is 0 Å². The molecular formula is C13H7BrF2INO2. The molecule has 2 rings (SSSR count). The molecule has 7 heteroatoms. The number of carbonyl (C=O) groups excluding carboxylic acids is 1. The van der Waals surface area contributed by atoms with E-state index in [2.05, 4.69) is 21.2 Å². The molecule has 0 aromatic heterocycles. The molecule has 0 bridgehead atoms. The van der Waals surface area contributed by atoms with Crippen molar-refractivity contribution in [1.29, 1.82) is 0 Å². The minimum Gasteiger partial charge on any atom is -0.507 e. The first kappa shape index (κ1) is 15.2. The van der Waals surface area contributed by atoms with Crippen LogP contribution in [0.2, 0.25) is 0 Å². The van der Waals surface area contributed by atoms with E-state index < -0.39 is 17.5 Å². The molecule has 0 aliphatic carbocycles. The van der Waals surface area contributed by atoms with Crippen LogP contribution in [0.3, 0.4) is 0 Å². The van der Waals surface area contributed by atoms with E-state index >= 15 is 0 Å². The molecule has 0 saturated heterocycles. The van der Waals surface area contributed by atoms with Crippen molar-refractivity contribution in [3.05, 3.63) is 55.6 Å². The summed E-state index contributed by atoms with van der Waals surface area (Å²) in [5.74, 6) is -2.57. The maximum Gasteiger partial charge on any atom is 0.259 e. The van der Waals surface area contributed by atoms with E-state index in [0.717, 1.165) is 9.64 Å². The second-order valence-corrected chi connectivity index (χ2v) is 5.96. The number of benzene rings is 2. The smallest absolute Gasteiger partial charge is 0.259 e. The molecule has 2 aromatic rings. The van der Waals surface area contributed by atoms with Crippen LogP contribution in [0.4, 0.5) is 14.5 Å². The number of nitrogens with one attached hydrogen (secondary N) is 1. The molecule has 2 N–H and O–H groups in total. The summed E-state index contributed by atoms with van der Waals surface area (Å²) in [6.07, 6.45) is 0. The third-order valence-corrected chi connectivity index (χ3v) is 3.74. The van der Waals surface area contributed by atoms with Crippen molar-refractivity contribution in [3.8, 4) is 5.75 Å². The summed E-state index contributed by atoms with van der Waals surface area (Å²) in [5.41, 5.74) is -0.168. The Balaban J connectivity index is 2.32. The van der Waals surface area contributed by atoms with E-state index in [1.165, 1.54) is 12.1 Å². The Hall–Kier alpha value is -1.22. The minimum absolute atomic E-state index is 0.0109. The van der Waals surface area contributed by atoms with E-state index in [1.807, 2.05) is 22.6 Å². The number of amides is 1. The second-order valence-electron chi connectivity index (χ2n) is 3.86. The van der Waals surface area contributed by atoms with Gasteiger partial charge in [-0.15, -0.1) is 0 Å². The lowest BCUT2D eigenvalue weighted by Gasteiger charge is -2.09. The van der Waals surface area contributed by atoms with Gasteiger partial charge < -0.3 is 10.4 Å². The number of carbonyl (C=O) groups is 1. The lowest BCUT2D eigenvalue weighted by molar-refractivity contribution is 0.102. The first-order valence-corrected chi connectivity index (χ1v) is 7.20. The van der Waals surface area contributed by atoms with Crippen LogP contribution in [0.25, 0.3) is 0 Å². The van der Waals surface area contributed by atoms with Gasteiger partial charge in [-0.25, -0.2) is 8.78 Å². The van der Waals surface area contributed by atoms with E-state index in [4.69, 9.17) is 0 Å². The number of halogens is 4. The van der Waals surface area contributed by atoms with Gasteiger partial charge in [-0.05, 0) is 62.8 Å². The van der Waals surface area contributed by atoms with Crippen molar-refractivity contribution in [1.82, 2.24) is 0 Å². The number of hydrogen-bond donors (Lipinski definition) is 2. The highest BCUT2D eigenvalue weighted by Gasteiger charge is 2.15. The summed E-state index contributed by atoms with van der Waals surface area (Å²) >= 11 is 4.89. The molecule has 0 aliphatic heterocycles. The third-order valence-electron chi connectivity index (χ3n) is 2.46. The van der Waals surface area contributed by atoms with Crippen molar-refractivity contribution in [2.75, 3.05) is 5.32 Å². The summed E-state index contributed by atoms with van der Waals surface area (Å²) in [6.45, 7) is 0. The van der Waals surface area contributed by atoms with Crippen molar-refractivity contribution in [2.45, 2.75) is 0 Å². The molecule has 104 valence electrons. The van der Waals surface area contributed by atoms with E-state index in [9.17, 15) is 18.7 Å². The number of phenolic OH excluding ortho intramolecular Hbond substituents is 1. The van der Waals surface area contributed by atoms with Crippen LogP contribution in [0.1, 0.15) is 10.4 Å². The molecule has 20 heavy (non-hydrogen) atoms. The summed E-state index contributed by atoms with van der Waals surface area (Å²) < 4.78 is 27.4. The fourth-order valence-corrected chi connectivity index (χ4v) is 2.33. The van der Waals surface area contributed by atoms with Gasteiger partial charge in [0.15, 0.2) is 0 Å². The maximum absolute atomic E-state index is 13.5. The van der Waals surface area contributed by atoms with Crippen molar-refractivity contribution < 1.29 is 18.7 Å². The van der Waals surface area contributed by atoms with Crippen LogP contribution in [0, 0.1) is 15.2 Å². The van der Waals surface area contributed by atoms with Gasteiger partial charge in [-0.1, -0.05) is 0 Å². The van der Waals surface area contributed by atoms with Crippen LogP contribution in [-0.4, -0.2) is 11.0 Å². The number of aromatic hydroxyl groups is 1. The number of hydrogen-bond acceptors (Lipinski definition) is 2. The average molecular weight is 454 g/mol. The molecule has 0 saturated carbocycles. The van der Waals surface area contributed by atoms with Crippen molar-refractivity contribution in [2.24, 2.45) is 0 Å². The maximum atomic E-state index is 13.5. The van der Waals surface area contributed by atoms with Crippen LogP contribution in [0.15, 0.2) is 34.8 Å². The molecule has 0 heterocycles. The normalized spacial score (nSPS) is 10.4. The molecule has 0 atom stereocenters. The molecule has 0 radical (unpaired) electrons. The van der Waals surface area contributed by atoms with Crippen LogP contribution < -0.4 is 5.32 Å². The molecule has 0 fully saturated rings. The summed E-state index contributed by atoms with van der Waals surface area (Å²) in [4.78, 5) is 12.0. The quantitative estimate of drug-likeness (QED) is 0.526. The Labute approximate surface area is 135 Å². The monoisotopic (exact) mass is 453 g/mol. The lowest BCUT2D eigenvalue weighted by atomic mass is 10.2. The van der Waals surface area contributed by atoms with Gasteiger partial charge in [0, 0.05) is 9.64 Å². The minimum atomic E-state index is -0.899. The topological polar surface area (TPSA) is 49.3 Å². The van der Waals surface area contributed by atoms with Crippen molar-refractivity contribution in [3.63, 3.8) is 0 Å². The first-order valence-electron chi connectivity index (χ1n) is 5.33. The first-order chi connectivity index (χ1) is 9.38. The average Bonchev–Trinajstić information content (AvgIpc) is 2.38. The predicted molar refractivity (Wildman–Crippen MR) is 82.8 cm³/mol. The van der Waals surface area contributed by atoms with Gasteiger partial charge in [0.1, 0.15) is 17.4 Å². The highest BCUT2D eigenvalue weighted by Crippen LogP contribution is 2.26. The standard InChI is InChI=1S/C13H7BrF2INO2/c14-8-4-11(10(16)5-9(8)15)18-13(20)7-3-6(17)1-2-12(7)19/h1-5,19H,(H,18,20). The molecular weight excluding hydrogens is 447 g/mol. The van der Waals surface area contributed by atoms with Crippen molar-refractivity contribution >= 4 is 50.1 Å². The summed E-state index contributed by atoms with van der Waals surface area (Å²) in [5, 5.41) is 11.9. The molecule has 0 spiro atoms. The fraction of sp³-hybridized carbons (Fsp3) is 0. The van der Waals surface area contributed by atoms with E-state index in [0.29, 0.717) is 6.07 Å². The second kappa shape index (κ2) is 6.04. The Bertz CT molecular complexity index is 694. The van der Waals surface area contributed by atoms with Crippen LogP contribution in [0.5, 0.6) is 5.75 Å². The Morgan fingerprint density at radius 3 is 2.60 bits per heavy atom. The molecule has 0 unspecified atom stereocenters. The number of phenols is 1. The SMILES string of the molecule is O=C(Nc1cc(Br)c(F)cc1F)c1cc(I)ccc1O. The van der Waals surface area contributed by atoms with Gasteiger partial charge in [-0.3, -0.25) is 4.79 Å². The Morgan fingerprint density at radius 1 is 1.20 bits per heavy atom. The number of anilines is 1. The highest BCUT2D eigenvalue weighted by molar-refractivity contribution is 14.1. The van der Waals surface area contributed by atoms with Crippen LogP contribution >= 0.6 is 38.5 Å². The molecule has 2 aromatic carbocycles. The molecule has 1 amide bonds. The largest absolute Gasteiger partial charge is 0.507 e. The molecule has 3 nitrogen and oxygen atoms in total. The summed E-state index contributed by atoms with van der Waals surface area (Å²) in [6, 6.07) is 6.24. The zero-order valence-corrected chi connectivity index (χ0v) is 13.5. The summed E-state index contributed by atoms with van der Waals surface area (Å²) in [7, 11) is 0. The Kier molecular flexibility index (Phi) is 4.59.